The lowest BCUT2D eigenvalue weighted by molar-refractivity contribution is 0.0952. The molecule has 0 amide bonds. The van der Waals surface area contributed by atoms with Gasteiger partial charge in [0.25, 0.3) is 0 Å². The summed E-state index contributed by atoms with van der Waals surface area (Å²) in [6.07, 6.45) is 1.23. The van der Waals surface area contributed by atoms with Gasteiger partial charge in [0.05, 0.1) is 28.8 Å². The van der Waals surface area contributed by atoms with Crippen molar-refractivity contribution in [3.63, 3.8) is 0 Å². The van der Waals surface area contributed by atoms with E-state index in [9.17, 15) is 14.4 Å². The summed E-state index contributed by atoms with van der Waals surface area (Å²) in [7, 11) is 0. The zero-order valence-electron chi connectivity index (χ0n) is 12.4. The molecule has 0 bridgehead atoms. The number of carbonyl (C=O) groups excluding carboxylic acids is 3. The summed E-state index contributed by atoms with van der Waals surface area (Å²) in [4.78, 5) is 41.4. The van der Waals surface area contributed by atoms with Crippen molar-refractivity contribution in [2.45, 2.75) is 20.3 Å². The molecule has 0 saturated carbocycles. The van der Waals surface area contributed by atoms with Gasteiger partial charge in [-0.3, -0.25) is 19.4 Å². The molecule has 7 heteroatoms. The van der Waals surface area contributed by atoms with Gasteiger partial charge in [-0.15, -0.1) is 0 Å². The van der Waals surface area contributed by atoms with E-state index in [1.165, 1.54) is 26.1 Å². The molecule has 116 valence electrons. The van der Waals surface area contributed by atoms with Crippen molar-refractivity contribution in [3.8, 4) is 0 Å². The topological polar surface area (TPSA) is 110 Å². The second-order valence-corrected chi connectivity index (χ2v) is 5.23. The predicted octanol–water partition coefficient (Wildman–Crippen LogP) is 2.18. The lowest BCUT2D eigenvalue weighted by atomic mass is 9.88. The van der Waals surface area contributed by atoms with Gasteiger partial charge in [0.15, 0.2) is 11.5 Å². The van der Waals surface area contributed by atoms with Crippen molar-refractivity contribution >= 4 is 23.1 Å². The first-order chi connectivity index (χ1) is 11.0. The van der Waals surface area contributed by atoms with Crippen LogP contribution < -0.4 is 0 Å². The monoisotopic (exact) mass is 312 g/mol. The van der Waals surface area contributed by atoms with Crippen LogP contribution in [0.15, 0.2) is 27.9 Å². The number of rotatable bonds is 3. The van der Waals surface area contributed by atoms with Gasteiger partial charge in [0.2, 0.25) is 11.6 Å². The van der Waals surface area contributed by atoms with Crippen LogP contribution in [0.1, 0.15) is 61.6 Å². The Morgan fingerprint density at radius 3 is 2.78 bits per heavy atom. The Morgan fingerprint density at radius 1 is 1.35 bits per heavy atom. The molecule has 7 nitrogen and oxygen atoms in total. The highest BCUT2D eigenvalue weighted by atomic mass is 16.4. The lowest BCUT2D eigenvalue weighted by Gasteiger charge is -2.12. The molecule has 0 radical (unpaired) electrons. The number of ketones is 3. The van der Waals surface area contributed by atoms with Crippen molar-refractivity contribution in [2.24, 2.45) is 5.16 Å². The molecule has 2 heterocycles. The number of fused-ring (bicyclic) bond motifs is 2. The quantitative estimate of drug-likeness (QED) is 0.343. The summed E-state index contributed by atoms with van der Waals surface area (Å²) in [5.74, 6) is -1.41. The van der Waals surface area contributed by atoms with E-state index in [0.717, 1.165) is 0 Å². The van der Waals surface area contributed by atoms with E-state index in [4.69, 9.17) is 9.62 Å². The molecule has 1 aliphatic carbocycles. The van der Waals surface area contributed by atoms with Crippen molar-refractivity contribution in [3.05, 3.63) is 52.2 Å². The number of oxime groups is 1. The third kappa shape index (κ3) is 2.17. The van der Waals surface area contributed by atoms with Crippen LogP contribution in [0.5, 0.6) is 0 Å². The molecule has 2 aromatic heterocycles. The fourth-order valence-corrected chi connectivity index (χ4v) is 2.62. The highest BCUT2D eigenvalue weighted by molar-refractivity contribution is 6.30. The summed E-state index contributed by atoms with van der Waals surface area (Å²) >= 11 is 0. The SMILES string of the molecule is C/C(CC(=O)c1c(C)oc2c1C(=O)c1ncccc1C2=O)=N/O. The van der Waals surface area contributed by atoms with Crippen LogP contribution in [0.4, 0.5) is 0 Å². The average Bonchev–Trinajstić information content (AvgIpc) is 2.90. The van der Waals surface area contributed by atoms with Crippen LogP contribution in [-0.4, -0.2) is 33.3 Å². The maximum atomic E-state index is 12.6. The van der Waals surface area contributed by atoms with Gasteiger partial charge in [0.1, 0.15) is 11.5 Å². The number of Topliss-reactive ketones (excluding diaryl/α,β-unsaturated/α-hetero) is 1. The first kappa shape index (κ1) is 14.8. The van der Waals surface area contributed by atoms with Crippen LogP contribution in [0.25, 0.3) is 0 Å². The van der Waals surface area contributed by atoms with E-state index in [-0.39, 0.29) is 46.0 Å². The van der Waals surface area contributed by atoms with E-state index < -0.39 is 17.3 Å². The molecule has 23 heavy (non-hydrogen) atoms. The molecule has 0 spiro atoms. The first-order valence-corrected chi connectivity index (χ1v) is 6.84. The summed E-state index contributed by atoms with van der Waals surface area (Å²) in [6.45, 7) is 2.99. The minimum atomic E-state index is -0.519. The van der Waals surface area contributed by atoms with Gasteiger partial charge in [-0.1, -0.05) is 5.16 Å². The van der Waals surface area contributed by atoms with Gasteiger partial charge < -0.3 is 9.62 Å². The normalized spacial score (nSPS) is 13.7. The predicted molar refractivity (Wildman–Crippen MR) is 78.4 cm³/mol. The third-order valence-corrected chi connectivity index (χ3v) is 3.65. The van der Waals surface area contributed by atoms with Gasteiger partial charge in [-0.25, -0.2) is 0 Å². The van der Waals surface area contributed by atoms with Crippen LogP contribution in [0.2, 0.25) is 0 Å². The molecule has 0 unspecified atom stereocenters. The maximum absolute atomic E-state index is 12.6. The van der Waals surface area contributed by atoms with E-state index in [1.807, 2.05) is 0 Å². The number of aryl methyl sites for hydroxylation is 1. The average molecular weight is 312 g/mol. The van der Waals surface area contributed by atoms with Crippen LogP contribution in [0, 0.1) is 6.92 Å². The standard InChI is InChI=1S/C16H12N2O5/c1-7(18-22)6-10(19)11-8(2)23-16-12(11)15(21)13-9(14(16)20)4-3-5-17-13/h3-5,22H,6H2,1-2H3/b18-7-. The molecular formula is C16H12N2O5. The Hall–Kier alpha value is -3.09. The Bertz CT molecular complexity index is 892. The minimum Gasteiger partial charge on any atom is -0.456 e. The van der Waals surface area contributed by atoms with Crippen LogP contribution >= 0.6 is 0 Å². The van der Waals surface area contributed by atoms with Gasteiger partial charge in [-0.05, 0) is 26.0 Å². The number of aromatic nitrogens is 1. The molecule has 3 rings (SSSR count). The maximum Gasteiger partial charge on any atom is 0.231 e. The fourth-order valence-electron chi connectivity index (χ4n) is 2.62. The minimum absolute atomic E-state index is 0.00685. The summed E-state index contributed by atoms with van der Waals surface area (Å²) in [6, 6.07) is 3.05. The number of carbonyl (C=O) groups is 3. The van der Waals surface area contributed by atoms with Gasteiger partial charge in [0, 0.05) is 6.20 Å². The highest BCUT2D eigenvalue weighted by Gasteiger charge is 2.39. The Labute approximate surface area is 130 Å². The van der Waals surface area contributed by atoms with Gasteiger partial charge in [-0.2, -0.15) is 0 Å². The number of pyridine rings is 1. The molecule has 0 fully saturated rings. The lowest BCUT2D eigenvalue weighted by Crippen LogP contribution is -2.23. The number of furan rings is 1. The molecule has 0 saturated heterocycles. The highest BCUT2D eigenvalue weighted by Crippen LogP contribution is 2.32. The van der Waals surface area contributed by atoms with Crippen LogP contribution in [0.3, 0.4) is 0 Å². The molecule has 2 aromatic rings. The Balaban J connectivity index is 2.17. The molecule has 1 N–H and O–H groups in total. The van der Waals surface area contributed by atoms with E-state index in [0.29, 0.717) is 0 Å². The third-order valence-electron chi connectivity index (χ3n) is 3.65. The molecular weight excluding hydrogens is 300 g/mol. The zero-order valence-corrected chi connectivity index (χ0v) is 12.4. The zero-order chi connectivity index (χ0) is 16.7. The molecule has 0 atom stereocenters. The number of hydrogen-bond acceptors (Lipinski definition) is 7. The number of nitrogens with zero attached hydrogens (tertiary/aromatic N) is 2. The summed E-state index contributed by atoms with van der Waals surface area (Å²) < 4.78 is 5.39. The van der Waals surface area contributed by atoms with Crippen molar-refractivity contribution in [1.82, 2.24) is 4.98 Å². The second-order valence-electron chi connectivity index (χ2n) is 5.23. The number of hydrogen-bond donors (Lipinski definition) is 1. The molecule has 0 aromatic carbocycles. The van der Waals surface area contributed by atoms with Crippen molar-refractivity contribution in [2.75, 3.05) is 0 Å². The molecule has 0 aliphatic heterocycles. The largest absolute Gasteiger partial charge is 0.456 e. The van der Waals surface area contributed by atoms with Gasteiger partial charge >= 0.3 is 0 Å². The van der Waals surface area contributed by atoms with Crippen LogP contribution in [-0.2, 0) is 0 Å². The molecule has 1 aliphatic rings. The summed E-state index contributed by atoms with van der Waals surface area (Å²) in [5, 5.41) is 11.6. The Morgan fingerprint density at radius 2 is 2.09 bits per heavy atom. The van der Waals surface area contributed by atoms with E-state index >= 15 is 0 Å². The smallest absolute Gasteiger partial charge is 0.231 e. The second kappa shape index (κ2) is 5.28. The van der Waals surface area contributed by atoms with Crippen molar-refractivity contribution in [1.29, 1.82) is 0 Å². The first-order valence-electron chi connectivity index (χ1n) is 6.84. The van der Waals surface area contributed by atoms with Crippen molar-refractivity contribution < 1.29 is 24.0 Å². The Kier molecular flexibility index (Phi) is 3.40. The summed E-state index contributed by atoms with van der Waals surface area (Å²) in [5.41, 5.74) is 0.336. The fraction of sp³-hybridized carbons (Fsp3) is 0.188. The van der Waals surface area contributed by atoms with E-state index in [1.54, 1.807) is 6.07 Å². The van der Waals surface area contributed by atoms with E-state index in [2.05, 4.69) is 10.1 Å².